The summed E-state index contributed by atoms with van der Waals surface area (Å²) >= 11 is 5.98. The number of fused-ring (bicyclic) bond motifs is 1. The molecule has 2 heterocycles. The van der Waals surface area contributed by atoms with Gasteiger partial charge in [-0.3, -0.25) is 0 Å². The summed E-state index contributed by atoms with van der Waals surface area (Å²) in [7, 11) is 0. The number of alkyl halides is 1. The first-order chi connectivity index (χ1) is 9.65. The Morgan fingerprint density at radius 2 is 2.15 bits per heavy atom. The molecule has 0 spiro atoms. The monoisotopic (exact) mass is 294 g/mol. The third kappa shape index (κ3) is 2.14. The van der Waals surface area contributed by atoms with Gasteiger partial charge in [0.15, 0.2) is 5.65 Å². The summed E-state index contributed by atoms with van der Waals surface area (Å²) in [4.78, 5) is 4.84. The van der Waals surface area contributed by atoms with E-state index in [1.165, 1.54) is 24.9 Å². The van der Waals surface area contributed by atoms with Crippen LogP contribution in [0.4, 0.5) is 0 Å². The maximum Gasteiger partial charge on any atom is 0.159 e. The van der Waals surface area contributed by atoms with Gasteiger partial charge in [-0.2, -0.15) is 5.10 Å². The van der Waals surface area contributed by atoms with E-state index in [1.807, 2.05) is 6.92 Å². The molecule has 1 fully saturated rings. The van der Waals surface area contributed by atoms with E-state index in [2.05, 4.69) is 28.2 Å². The smallest absolute Gasteiger partial charge is 0.159 e. The predicted molar refractivity (Wildman–Crippen MR) is 82.4 cm³/mol. The molecular weight excluding hydrogens is 272 g/mol. The SMILES string of the molecule is CCn1nc(C)c2nc(CCCl)n(C3CCC(C)C3)c21. The summed E-state index contributed by atoms with van der Waals surface area (Å²) in [6, 6.07) is 0.564. The topological polar surface area (TPSA) is 35.6 Å². The van der Waals surface area contributed by atoms with E-state index in [1.54, 1.807) is 0 Å². The Labute approximate surface area is 125 Å². The van der Waals surface area contributed by atoms with Crippen molar-refractivity contribution in [3.63, 3.8) is 0 Å². The summed E-state index contributed by atoms with van der Waals surface area (Å²) in [6.45, 7) is 7.42. The fourth-order valence-corrected chi connectivity index (χ4v) is 3.68. The summed E-state index contributed by atoms with van der Waals surface area (Å²) in [5.74, 6) is 2.57. The van der Waals surface area contributed by atoms with Gasteiger partial charge in [0.25, 0.3) is 0 Å². The minimum absolute atomic E-state index is 0.564. The van der Waals surface area contributed by atoms with Crippen molar-refractivity contribution in [3.05, 3.63) is 11.5 Å². The number of halogens is 1. The highest BCUT2D eigenvalue weighted by molar-refractivity contribution is 6.17. The number of rotatable bonds is 4. The van der Waals surface area contributed by atoms with Crippen LogP contribution in [0.3, 0.4) is 0 Å². The van der Waals surface area contributed by atoms with Crippen molar-refractivity contribution in [2.75, 3.05) is 5.88 Å². The van der Waals surface area contributed by atoms with Crippen LogP contribution in [0, 0.1) is 12.8 Å². The van der Waals surface area contributed by atoms with Gasteiger partial charge in [-0.05, 0) is 39.0 Å². The molecule has 110 valence electrons. The summed E-state index contributed by atoms with van der Waals surface area (Å²) in [5.41, 5.74) is 3.29. The summed E-state index contributed by atoms with van der Waals surface area (Å²) < 4.78 is 4.53. The Morgan fingerprint density at radius 1 is 1.35 bits per heavy atom. The van der Waals surface area contributed by atoms with Crippen LogP contribution >= 0.6 is 11.6 Å². The zero-order chi connectivity index (χ0) is 14.3. The Balaban J connectivity index is 2.17. The van der Waals surface area contributed by atoms with Crippen LogP contribution in [0.5, 0.6) is 0 Å². The van der Waals surface area contributed by atoms with Crippen LogP contribution in [0.25, 0.3) is 11.2 Å². The number of hydrogen-bond donors (Lipinski definition) is 0. The number of aryl methyl sites for hydroxylation is 3. The first kappa shape index (κ1) is 13.9. The number of aromatic nitrogens is 4. The molecule has 0 bridgehead atoms. The first-order valence-electron chi connectivity index (χ1n) is 7.65. The summed E-state index contributed by atoms with van der Waals surface area (Å²) in [6.07, 6.45) is 4.64. The maximum atomic E-state index is 5.98. The van der Waals surface area contributed by atoms with Crippen LogP contribution in [0.15, 0.2) is 0 Å². The second-order valence-electron chi connectivity index (χ2n) is 5.98. The van der Waals surface area contributed by atoms with Crippen molar-refractivity contribution >= 4 is 22.8 Å². The van der Waals surface area contributed by atoms with Crippen molar-refractivity contribution in [1.29, 1.82) is 0 Å². The molecular formula is C15H23ClN4. The second kappa shape index (κ2) is 5.40. The van der Waals surface area contributed by atoms with Crippen molar-refractivity contribution in [2.24, 2.45) is 5.92 Å². The van der Waals surface area contributed by atoms with Gasteiger partial charge in [0.2, 0.25) is 0 Å². The van der Waals surface area contributed by atoms with E-state index < -0.39 is 0 Å². The lowest BCUT2D eigenvalue weighted by Gasteiger charge is -2.17. The van der Waals surface area contributed by atoms with Crippen LogP contribution < -0.4 is 0 Å². The van der Waals surface area contributed by atoms with Gasteiger partial charge < -0.3 is 4.57 Å². The Hall–Kier alpha value is -1.03. The molecule has 5 heteroatoms. The predicted octanol–water partition coefficient (Wildman–Crippen LogP) is 3.70. The van der Waals surface area contributed by atoms with Crippen molar-refractivity contribution in [1.82, 2.24) is 19.3 Å². The van der Waals surface area contributed by atoms with Crippen molar-refractivity contribution < 1.29 is 0 Å². The third-order valence-corrected chi connectivity index (χ3v) is 4.66. The molecule has 3 rings (SSSR count). The lowest BCUT2D eigenvalue weighted by atomic mass is 10.1. The molecule has 0 aromatic carbocycles. The Morgan fingerprint density at radius 3 is 2.75 bits per heavy atom. The average Bonchev–Trinajstić information content (AvgIpc) is 3.06. The van der Waals surface area contributed by atoms with Gasteiger partial charge in [-0.15, -0.1) is 11.6 Å². The molecule has 20 heavy (non-hydrogen) atoms. The van der Waals surface area contributed by atoms with E-state index in [9.17, 15) is 0 Å². The van der Waals surface area contributed by atoms with Gasteiger partial charge >= 0.3 is 0 Å². The zero-order valence-corrected chi connectivity index (χ0v) is 13.3. The lowest BCUT2D eigenvalue weighted by molar-refractivity contribution is 0.477. The highest BCUT2D eigenvalue weighted by Gasteiger charge is 2.28. The van der Waals surface area contributed by atoms with Gasteiger partial charge in [0, 0.05) is 24.9 Å². The zero-order valence-electron chi connectivity index (χ0n) is 12.6. The Bertz CT molecular complexity index is 613. The molecule has 1 aliphatic rings. The molecule has 2 aromatic heterocycles. The minimum atomic E-state index is 0.564. The number of imidazole rings is 1. The second-order valence-corrected chi connectivity index (χ2v) is 6.36. The minimum Gasteiger partial charge on any atom is -0.310 e. The molecule has 1 aliphatic carbocycles. The molecule has 4 nitrogen and oxygen atoms in total. The van der Waals surface area contributed by atoms with Gasteiger partial charge in [0.05, 0.1) is 5.69 Å². The van der Waals surface area contributed by atoms with Crippen LogP contribution in [-0.2, 0) is 13.0 Å². The Kier molecular flexibility index (Phi) is 3.76. The normalized spacial score (nSPS) is 23.0. The van der Waals surface area contributed by atoms with E-state index in [-0.39, 0.29) is 0 Å². The molecule has 0 aliphatic heterocycles. The fourth-order valence-electron chi connectivity index (χ4n) is 3.51. The van der Waals surface area contributed by atoms with E-state index in [0.717, 1.165) is 35.9 Å². The van der Waals surface area contributed by atoms with Crippen molar-refractivity contribution in [2.45, 2.75) is 59.0 Å². The molecule has 0 N–H and O–H groups in total. The van der Waals surface area contributed by atoms with E-state index >= 15 is 0 Å². The lowest BCUT2D eigenvalue weighted by Crippen LogP contribution is -2.13. The first-order valence-corrected chi connectivity index (χ1v) is 8.19. The largest absolute Gasteiger partial charge is 0.310 e. The van der Waals surface area contributed by atoms with Crippen LogP contribution in [0.1, 0.15) is 50.7 Å². The number of hydrogen-bond acceptors (Lipinski definition) is 2. The van der Waals surface area contributed by atoms with E-state index in [4.69, 9.17) is 16.6 Å². The van der Waals surface area contributed by atoms with E-state index in [0.29, 0.717) is 11.9 Å². The highest BCUT2D eigenvalue weighted by Crippen LogP contribution is 2.37. The maximum absolute atomic E-state index is 5.98. The molecule has 0 amide bonds. The van der Waals surface area contributed by atoms with Gasteiger partial charge in [-0.1, -0.05) is 6.92 Å². The van der Waals surface area contributed by atoms with Gasteiger partial charge in [0.1, 0.15) is 11.3 Å². The fraction of sp³-hybridized carbons (Fsp3) is 0.733. The summed E-state index contributed by atoms with van der Waals surface area (Å²) in [5, 5.41) is 4.62. The molecule has 0 radical (unpaired) electrons. The van der Waals surface area contributed by atoms with Crippen LogP contribution in [0.2, 0.25) is 0 Å². The average molecular weight is 295 g/mol. The van der Waals surface area contributed by atoms with Gasteiger partial charge in [-0.25, -0.2) is 9.67 Å². The third-order valence-electron chi connectivity index (χ3n) is 4.47. The number of nitrogens with zero attached hydrogens (tertiary/aromatic N) is 4. The molecule has 0 saturated heterocycles. The van der Waals surface area contributed by atoms with Crippen LogP contribution in [-0.4, -0.2) is 25.2 Å². The highest BCUT2D eigenvalue weighted by atomic mass is 35.5. The molecule has 2 aromatic rings. The standard InChI is InChI=1S/C15H23ClN4/c1-4-19-15-14(11(3)18-19)17-13(7-8-16)20(15)12-6-5-10(2)9-12/h10,12H,4-9H2,1-3H3. The molecule has 1 saturated carbocycles. The van der Waals surface area contributed by atoms with Crippen molar-refractivity contribution in [3.8, 4) is 0 Å². The molecule has 2 atom stereocenters. The quantitative estimate of drug-likeness (QED) is 0.806. The molecule has 2 unspecified atom stereocenters.